The Morgan fingerprint density at radius 3 is 2.74 bits per heavy atom. The molecule has 5 heteroatoms. The van der Waals surface area contributed by atoms with E-state index in [9.17, 15) is 4.79 Å². The molecule has 0 aromatic heterocycles. The van der Waals surface area contributed by atoms with Crippen LogP contribution in [-0.2, 0) is 9.53 Å². The maximum Gasteiger partial charge on any atom is 0.236 e. The normalized spacial score (nSPS) is 32.9. The zero-order chi connectivity index (χ0) is 13.1. The van der Waals surface area contributed by atoms with Gasteiger partial charge in [0.1, 0.15) is 0 Å². The standard InChI is InChI=1S/C14H25N3O2/c18-14(16-7-9-19-10-8-16)11-17-6-2-4-13(17)12-3-1-5-15-12/h12-13,15H,1-11H2. The molecule has 3 fully saturated rings. The number of hydrogen-bond acceptors (Lipinski definition) is 4. The second-order valence-corrected chi connectivity index (χ2v) is 5.88. The number of amides is 1. The van der Waals surface area contributed by atoms with Crippen molar-refractivity contribution in [2.45, 2.75) is 37.8 Å². The van der Waals surface area contributed by atoms with Gasteiger partial charge in [0.15, 0.2) is 0 Å². The highest BCUT2D eigenvalue weighted by Gasteiger charge is 2.34. The van der Waals surface area contributed by atoms with E-state index in [2.05, 4.69) is 10.2 Å². The van der Waals surface area contributed by atoms with Crippen LogP contribution in [0.3, 0.4) is 0 Å². The SMILES string of the molecule is O=C(CN1CCCC1C1CCCN1)N1CCOCC1. The molecule has 2 unspecified atom stereocenters. The molecule has 3 heterocycles. The summed E-state index contributed by atoms with van der Waals surface area (Å²) < 4.78 is 5.30. The Morgan fingerprint density at radius 1 is 1.16 bits per heavy atom. The molecule has 3 saturated heterocycles. The summed E-state index contributed by atoms with van der Waals surface area (Å²) in [6, 6.07) is 1.19. The van der Waals surface area contributed by atoms with Gasteiger partial charge in [-0.3, -0.25) is 9.69 Å². The molecule has 0 aromatic carbocycles. The van der Waals surface area contributed by atoms with Crippen LogP contribution in [0.4, 0.5) is 0 Å². The lowest BCUT2D eigenvalue weighted by atomic mass is 10.0. The van der Waals surface area contributed by atoms with Gasteiger partial charge in [-0.25, -0.2) is 0 Å². The van der Waals surface area contributed by atoms with Crippen LogP contribution in [0.1, 0.15) is 25.7 Å². The number of carbonyl (C=O) groups excluding carboxylic acids is 1. The van der Waals surface area contributed by atoms with Crippen molar-refractivity contribution in [1.82, 2.24) is 15.1 Å². The minimum atomic E-state index is 0.285. The maximum atomic E-state index is 12.3. The maximum absolute atomic E-state index is 12.3. The number of nitrogens with zero attached hydrogens (tertiary/aromatic N) is 2. The fraction of sp³-hybridized carbons (Fsp3) is 0.929. The predicted molar refractivity (Wildman–Crippen MR) is 73.0 cm³/mol. The molecule has 1 amide bonds. The van der Waals surface area contributed by atoms with Gasteiger partial charge in [0.25, 0.3) is 0 Å². The molecule has 0 bridgehead atoms. The Morgan fingerprint density at radius 2 is 2.00 bits per heavy atom. The summed E-state index contributed by atoms with van der Waals surface area (Å²) in [7, 11) is 0. The molecule has 3 aliphatic heterocycles. The lowest BCUT2D eigenvalue weighted by Gasteiger charge is -2.32. The van der Waals surface area contributed by atoms with E-state index in [0.29, 0.717) is 31.8 Å². The second kappa shape index (κ2) is 6.20. The van der Waals surface area contributed by atoms with Gasteiger partial charge in [-0.15, -0.1) is 0 Å². The number of morpholine rings is 1. The molecule has 1 N–H and O–H groups in total. The number of carbonyl (C=O) groups is 1. The van der Waals surface area contributed by atoms with Gasteiger partial charge in [0, 0.05) is 25.2 Å². The number of likely N-dealkylation sites (tertiary alicyclic amines) is 1. The Hall–Kier alpha value is -0.650. The van der Waals surface area contributed by atoms with Gasteiger partial charge >= 0.3 is 0 Å². The zero-order valence-electron chi connectivity index (χ0n) is 11.6. The Kier molecular flexibility index (Phi) is 4.35. The molecular weight excluding hydrogens is 242 g/mol. The summed E-state index contributed by atoms with van der Waals surface area (Å²) in [5, 5.41) is 3.59. The summed E-state index contributed by atoms with van der Waals surface area (Å²) in [6.45, 7) is 5.74. The average molecular weight is 267 g/mol. The van der Waals surface area contributed by atoms with Crippen molar-refractivity contribution < 1.29 is 9.53 Å². The van der Waals surface area contributed by atoms with Crippen LogP contribution in [0.15, 0.2) is 0 Å². The van der Waals surface area contributed by atoms with Crippen molar-refractivity contribution in [3.05, 3.63) is 0 Å². The third-order valence-electron chi connectivity index (χ3n) is 4.68. The molecule has 2 atom stereocenters. The topological polar surface area (TPSA) is 44.8 Å². The van der Waals surface area contributed by atoms with Crippen molar-refractivity contribution in [2.24, 2.45) is 0 Å². The molecule has 108 valence electrons. The predicted octanol–water partition coefficient (Wildman–Crippen LogP) is 0.0616. The van der Waals surface area contributed by atoms with Crippen LogP contribution < -0.4 is 5.32 Å². The molecule has 19 heavy (non-hydrogen) atoms. The van der Waals surface area contributed by atoms with Gasteiger partial charge in [-0.2, -0.15) is 0 Å². The molecular formula is C14H25N3O2. The fourth-order valence-electron chi connectivity index (χ4n) is 3.63. The van der Waals surface area contributed by atoms with E-state index in [1.165, 1.54) is 25.7 Å². The van der Waals surface area contributed by atoms with Gasteiger partial charge in [0.05, 0.1) is 19.8 Å². The summed E-state index contributed by atoms with van der Waals surface area (Å²) >= 11 is 0. The van der Waals surface area contributed by atoms with E-state index in [1.54, 1.807) is 0 Å². The first-order chi connectivity index (χ1) is 9.34. The molecule has 0 radical (unpaired) electrons. The first kappa shape index (κ1) is 13.3. The van der Waals surface area contributed by atoms with Crippen LogP contribution in [-0.4, -0.2) is 73.7 Å². The highest BCUT2D eigenvalue weighted by Crippen LogP contribution is 2.24. The molecule has 0 spiro atoms. The number of rotatable bonds is 3. The average Bonchev–Trinajstić information content (AvgIpc) is 3.10. The first-order valence-electron chi connectivity index (χ1n) is 7.67. The molecule has 3 aliphatic rings. The smallest absolute Gasteiger partial charge is 0.236 e. The van der Waals surface area contributed by atoms with Crippen molar-refractivity contribution in [3.8, 4) is 0 Å². The highest BCUT2D eigenvalue weighted by atomic mass is 16.5. The van der Waals surface area contributed by atoms with Crippen LogP contribution in [0.5, 0.6) is 0 Å². The molecule has 0 saturated carbocycles. The van der Waals surface area contributed by atoms with Crippen LogP contribution >= 0.6 is 0 Å². The number of ether oxygens (including phenoxy) is 1. The number of nitrogens with one attached hydrogen (secondary N) is 1. The minimum absolute atomic E-state index is 0.285. The Bertz CT molecular complexity index is 312. The van der Waals surface area contributed by atoms with Gasteiger partial charge in [0.2, 0.25) is 5.91 Å². The van der Waals surface area contributed by atoms with Gasteiger partial charge < -0.3 is 15.0 Å². The van der Waals surface area contributed by atoms with Crippen molar-refractivity contribution in [3.63, 3.8) is 0 Å². The van der Waals surface area contributed by atoms with Crippen LogP contribution in [0.25, 0.3) is 0 Å². The summed E-state index contributed by atoms with van der Waals surface area (Å²) in [4.78, 5) is 16.7. The fourth-order valence-corrected chi connectivity index (χ4v) is 3.63. The van der Waals surface area contributed by atoms with Crippen molar-refractivity contribution in [1.29, 1.82) is 0 Å². The molecule has 5 nitrogen and oxygen atoms in total. The van der Waals surface area contributed by atoms with Crippen LogP contribution in [0, 0.1) is 0 Å². The lowest BCUT2D eigenvalue weighted by molar-refractivity contribution is -0.136. The summed E-state index contributed by atoms with van der Waals surface area (Å²) in [5.41, 5.74) is 0. The van der Waals surface area contributed by atoms with Gasteiger partial charge in [-0.05, 0) is 38.8 Å². The number of hydrogen-bond donors (Lipinski definition) is 1. The Labute approximate surface area is 115 Å². The highest BCUT2D eigenvalue weighted by molar-refractivity contribution is 5.78. The molecule has 0 aromatic rings. The van der Waals surface area contributed by atoms with Crippen LogP contribution in [0.2, 0.25) is 0 Å². The van der Waals surface area contributed by atoms with E-state index in [4.69, 9.17) is 4.74 Å². The second-order valence-electron chi connectivity index (χ2n) is 5.88. The third kappa shape index (κ3) is 3.09. The molecule has 0 aliphatic carbocycles. The zero-order valence-corrected chi connectivity index (χ0v) is 11.6. The third-order valence-corrected chi connectivity index (χ3v) is 4.68. The van der Waals surface area contributed by atoms with Gasteiger partial charge in [-0.1, -0.05) is 0 Å². The van der Waals surface area contributed by atoms with Crippen molar-refractivity contribution >= 4 is 5.91 Å². The van der Waals surface area contributed by atoms with E-state index < -0.39 is 0 Å². The molecule has 3 rings (SSSR count). The van der Waals surface area contributed by atoms with E-state index >= 15 is 0 Å². The monoisotopic (exact) mass is 267 g/mol. The first-order valence-corrected chi connectivity index (χ1v) is 7.67. The van der Waals surface area contributed by atoms with Crippen molar-refractivity contribution in [2.75, 3.05) is 45.9 Å². The summed E-state index contributed by atoms with van der Waals surface area (Å²) in [6.07, 6.45) is 5.03. The van der Waals surface area contributed by atoms with E-state index in [1.807, 2.05) is 4.90 Å². The largest absolute Gasteiger partial charge is 0.378 e. The minimum Gasteiger partial charge on any atom is -0.378 e. The van der Waals surface area contributed by atoms with E-state index in [0.717, 1.165) is 26.2 Å². The lowest BCUT2D eigenvalue weighted by Crippen LogP contribution is -2.50. The van der Waals surface area contributed by atoms with E-state index in [-0.39, 0.29) is 5.91 Å². The quantitative estimate of drug-likeness (QED) is 0.785. The Balaban J connectivity index is 1.53. The summed E-state index contributed by atoms with van der Waals surface area (Å²) in [5.74, 6) is 0.285.